The highest BCUT2D eigenvalue weighted by Crippen LogP contribution is 2.36. The molecule has 3 fully saturated rings. The van der Waals surface area contributed by atoms with E-state index in [0.29, 0.717) is 30.1 Å². The number of imide groups is 1. The van der Waals surface area contributed by atoms with Crippen LogP contribution in [0.2, 0.25) is 0 Å². The number of halogens is 2. The molecule has 5 aromatic rings. The number of amides is 3. The maximum atomic E-state index is 14.1. The topological polar surface area (TPSA) is 163 Å². The Morgan fingerprint density at radius 1 is 1.11 bits per heavy atom. The first kappa shape index (κ1) is 34.8. The summed E-state index contributed by atoms with van der Waals surface area (Å²) in [4.78, 5) is 57.4. The van der Waals surface area contributed by atoms with Gasteiger partial charge in [0, 0.05) is 58.1 Å². The SMILES string of the molecule is Cn1c(=O)n(C2CCC(=O)NC2=O)c2cccc(C[C@H]3CN(C[C@H]4CC[C@H](n5cc(NC(=O)c6cnn7cccnc67)c(C(F)F)n5)CC4)CCO3)c21. The van der Waals surface area contributed by atoms with Crippen molar-refractivity contribution in [3.63, 3.8) is 0 Å². The number of fused-ring (bicyclic) bond motifs is 2. The highest BCUT2D eigenvalue weighted by molar-refractivity contribution is 6.08. The minimum absolute atomic E-state index is 0.0231. The monoisotopic (exact) mass is 730 g/mol. The molecule has 6 heterocycles. The van der Waals surface area contributed by atoms with Gasteiger partial charge in [0.25, 0.3) is 12.3 Å². The van der Waals surface area contributed by atoms with Crippen molar-refractivity contribution in [2.75, 3.05) is 31.6 Å². The molecule has 2 saturated heterocycles. The molecule has 3 aliphatic rings. The van der Waals surface area contributed by atoms with E-state index in [2.05, 4.69) is 30.7 Å². The first-order chi connectivity index (χ1) is 25.6. The number of para-hydroxylation sites is 1. The summed E-state index contributed by atoms with van der Waals surface area (Å²) >= 11 is 0. The quantitative estimate of drug-likeness (QED) is 0.217. The van der Waals surface area contributed by atoms with Gasteiger partial charge < -0.3 is 10.1 Å². The average molecular weight is 731 g/mol. The van der Waals surface area contributed by atoms with Crippen molar-refractivity contribution >= 4 is 40.1 Å². The highest BCUT2D eigenvalue weighted by Gasteiger charge is 2.33. The van der Waals surface area contributed by atoms with E-state index in [0.717, 1.165) is 56.4 Å². The van der Waals surface area contributed by atoms with Gasteiger partial charge in [-0.2, -0.15) is 10.2 Å². The fraction of sp³-hybridized carbons (Fsp3) is 0.472. The zero-order valence-electron chi connectivity index (χ0n) is 29.2. The van der Waals surface area contributed by atoms with Crippen molar-refractivity contribution in [3.8, 4) is 0 Å². The van der Waals surface area contributed by atoms with E-state index in [4.69, 9.17) is 4.74 Å². The number of nitrogens with zero attached hydrogens (tertiary/aromatic N) is 8. The minimum atomic E-state index is -2.86. The molecule has 2 aliphatic heterocycles. The van der Waals surface area contributed by atoms with Gasteiger partial charge in [0.15, 0.2) is 11.3 Å². The summed E-state index contributed by atoms with van der Waals surface area (Å²) in [6, 6.07) is 6.58. The number of morpholine rings is 1. The number of rotatable bonds is 9. The van der Waals surface area contributed by atoms with Crippen LogP contribution in [0.1, 0.15) is 78.6 Å². The molecule has 2 N–H and O–H groups in total. The lowest BCUT2D eigenvalue weighted by Crippen LogP contribution is -2.45. The summed E-state index contributed by atoms with van der Waals surface area (Å²) in [7, 11) is 1.70. The number of anilines is 1. The maximum Gasteiger partial charge on any atom is 0.329 e. The Morgan fingerprint density at radius 2 is 1.94 bits per heavy atom. The van der Waals surface area contributed by atoms with E-state index >= 15 is 0 Å². The molecule has 17 heteroatoms. The van der Waals surface area contributed by atoms with Crippen LogP contribution in [0.15, 0.2) is 53.8 Å². The number of carbonyl (C=O) groups excluding carboxylic acids is 3. The van der Waals surface area contributed by atoms with Gasteiger partial charge in [-0.15, -0.1) is 0 Å². The van der Waals surface area contributed by atoms with Gasteiger partial charge in [-0.3, -0.25) is 38.4 Å². The van der Waals surface area contributed by atoms with Crippen molar-refractivity contribution < 1.29 is 27.9 Å². The van der Waals surface area contributed by atoms with Crippen LogP contribution in [0, 0.1) is 5.92 Å². The number of piperidine rings is 1. The minimum Gasteiger partial charge on any atom is -0.375 e. The van der Waals surface area contributed by atoms with Crippen LogP contribution < -0.4 is 16.3 Å². The van der Waals surface area contributed by atoms with Gasteiger partial charge >= 0.3 is 5.69 Å². The van der Waals surface area contributed by atoms with Gasteiger partial charge in [0.05, 0.1) is 41.7 Å². The molecule has 53 heavy (non-hydrogen) atoms. The molecular formula is C36H40F2N10O5. The molecule has 3 amide bonds. The van der Waals surface area contributed by atoms with Crippen molar-refractivity contribution in [1.29, 1.82) is 0 Å². The van der Waals surface area contributed by atoms with Gasteiger partial charge in [-0.05, 0) is 55.7 Å². The van der Waals surface area contributed by atoms with E-state index in [9.17, 15) is 28.0 Å². The van der Waals surface area contributed by atoms with E-state index in [-0.39, 0.29) is 47.8 Å². The maximum absolute atomic E-state index is 14.1. The summed E-state index contributed by atoms with van der Waals surface area (Å²) in [5.74, 6) is -0.955. The Kier molecular flexibility index (Phi) is 9.36. The van der Waals surface area contributed by atoms with E-state index < -0.39 is 30.0 Å². The normalized spacial score (nSPS) is 22.9. The summed E-state index contributed by atoms with van der Waals surface area (Å²) in [5.41, 5.74) is 2.08. The number of hydrogen-bond acceptors (Lipinski definition) is 9. The van der Waals surface area contributed by atoms with Crippen LogP contribution in [0.3, 0.4) is 0 Å². The predicted molar refractivity (Wildman–Crippen MR) is 188 cm³/mol. The molecule has 8 rings (SSSR count). The van der Waals surface area contributed by atoms with Crippen molar-refractivity contribution in [2.24, 2.45) is 13.0 Å². The van der Waals surface area contributed by atoms with Crippen LogP contribution in [0.5, 0.6) is 0 Å². The molecule has 0 spiro atoms. The lowest BCUT2D eigenvalue weighted by Gasteiger charge is -2.37. The smallest absolute Gasteiger partial charge is 0.329 e. The molecule has 278 valence electrons. The van der Waals surface area contributed by atoms with Crippen LogP contribution in [0.25, 0.3) is 16.7 Å². The summed E-state index contributed by atoms with van der Waals surface area (Å²) in [5, 5.41) is 13.3. The Bertz CT molecular complexity index is 2250. The Hall–Kier alpha value is -5.29. The number of benzene rings is 1. The molecule has 1 aliphatic carbocycles. The number of imidazole rings is 1. The number of aryl methyl sites for hydroxylation is 1. The van der Waals surface area contributed by atoms with Crippen molar-refractivity contribution in [2.45, 2.75) is 69.6 Å². The fourth-order valence-corrected chi connectivity index (χ4v) is 8.21. The van der Waals surface area contributed by atoms with Gasteiger partial charge in [0.2, 0.25) is 11.8 Å². The molecule has 0 radical (unpaired) electrons. The number of carbonyl (C=O) groups is 3. The van der Waals surface area contributed by atoms with Gasteiger partial charge in [-0.1, -0.05) is 12.1 Å². The summed E-state index contributed by atoms with van der Waals surface area (Å²) in [6.07, 6.45) is 7.48. The Balaban J connectivity index is 0.890. The third-order valence-electron chi connectivity index (χ3n) is 10.8. The molecule has 15 nitrogen and oxygen atoms in total. The second kappa shape index (κ2) is 14.3. The average Bonchev–Trinajstić information content (AvgIpc) is 3.84. The molecule has 1 saturated carbocycles. The molecule has 1 unspecified atom stereocenters. The molecule has 2 atom stereocenters. The predicted octanol–water partition coefficient (Wildman–Crippen LogP) is 3.42. The number of nitrogens with one attached hydrogen (secondary N) is 2. The largest absolute Gasteiger partial charge is 0.375 e. The van der Waals surface area contributed by atoms with Crippen LogP contribution in [-0.2, 0) is 27.8 Å². The van der Waals surface area contributed by atoms with E-state index in [1.165, 1.54) is 27.7 Å². The first-order valence-electron chi connectivity index (χ1n) is 18.0. The summed E-state index contributed by atoms with van der Waals surface area (Å²) < 4.78 is 40.4. The van der Waals surface area contributed by atoms with Crippen LogP contribution in [-0.4, -0.2) is 88.5 Å². The molecular weight excluding hydrogens is 690 g/mol. The molecule has 0 bridgehead atoms. The number of aromatic nitrogens is 7. The van der Waals surface area contributed by atoms with Crippen LogP contribution >= 0.6 is 0 Å². The Labute approximate surface area is 301 Å². The third-order valence-corrected chi connectivity index (χ3v) is 10.8. The fourth-order valence-electron chi connectivity index (χ4n) is 8.21. The second-order valence-electron chi connectivity index (χ2n) is 14.2. The van der Waals surface area contributed by atoms with Crippen molar-refractivity contribution in [1.82, 2.24) is 43.7 Å². The lowest BCUT2D eigenvalue weighted by atomic mass is 9.85. The molecule has 1 aromatic carbocycles. The number of hydrogen-bond donors (Lipinski definition) is 2. The van der Waals surface area contributed by atoms with E-state index in [1.807, 2.05) is 18.2 Å². The Morgan fingerprint density at radius 3 is 2.74 bits per heavy atom. The number of alkyl halides is 2. The van der Waals surface area contributed by atoms with Crippen molar-refractivity contribution in [3.05, 3.63) is 76.4 Å². The zero-order chi connectivity index (χ0) is 36.8. The third kappa shape index (κ3) is 6.74. The van der Waals surface area contributed by atoms with Gasteiger partial charge in [-0.25, -0.2) is 23.1 Å². The molecule has 4 aromatic heterocycles. The standard InChI is InChI=1S/C36H40F2N10O5/c1-44-31-22(4-2-5-27(31)48(36(44)52)28-10-11-29(49)42-35(28)51)16-24-19-45(14-15-53-24)18-21-6-8-23(9-7-21)47-20-26(30(43-47)32(37)38)41-34(50)25-17-40-46-13-3-12-39-33(25)46/h2-5,12-13,17,20-21,23-24,28,32H,6-11,14-16,18-19H2,1H3,(H,41,50)(H,42,49,51)/t21-,23-,24-,28?/m0/s1. The number of ether oxygens (including phenoxy) is 1. The second-order valence-corrected chi connectivity index (χ2v) is 14.2. The van der Waals surface area contributed by atoms with Gasteiger partial charge in [0.1, 0.15) is 11.6 Å². The first-order valence-corrected chi connectivity index (χ1v) is 18.0. The van der Waals surface area contributed by atoms with E-state index in [1.54, 1.807) is 28.6 Å². The van der Waals surface area contributed by atoms with Crippen LogP contribution in [0.4, 0.5) is 14.5 Å². The highest BCUT2D eigenvalue weighted by atomic mass is 19.3. The lowest BCUT2D eigenvalue weighted by molar-refractivity contribution is -0.135. The zero-order valence-corrected chi connectivity index (χ0v) is 29.2. The summed E-state index contributed by atoms with van der Waals surface area (Å²) in [6.45, 7) is 2.99.